The third-order valence-corrected chi connectivity index (χ3v) is 4.67. The van der Waals surface area contributed by atoms with Crippen LogP contribution in [0.15, 0.2) is 0 Å². The van der Waals surface area contributed by atoms with Gasteiger partial charge >= 0.3 is 0 Å². The van der Waals surface area contributed by atoms with Crippen molar-refractivity contribution in [3.8, 4) is 0 Å². The number of carbonyl (C=O) groups is 2. The zero-order valence-corrected chi connectivity index (χ0v) is 12.1. The van der Waals surface area contributed by atoms with E-state index in [1.54, 1.807) is 14.0 Å². The Kier molecular flexibility index (Phi) is 4.13. The smallest absolute Gasteiger partial charge is 0.222 e. The molecule has 0 bridgehead atoms. The highest BCUT2D eigenvalue weighted by Gasteiger charge is 2.50. The average Bonchev–Trinajstić information content (AvgIpc) is 2.76. The Balaban J connectivity index is 2.13. The molecule has 0 radical (unpaired) electrons. The highest BCUT2D eigenvalue weighted by Crippen LogP contribution is 2.43. The number of hydrogen-bond donors (Lipinski definition) is 0. The SMILES string of the molecule is CCC(=O)N1CC[C@@]2(COC)CN(C(C)=O)C[C@H]2C1. The first-order valence-electron chi connectivity index (χ1n) is 7.04. The lowest BCUT2D eigenvalue weighted by molar-refractivity contribution is -0.135. The molecule has 19 heavy (non-hydrogen) atoms. The molecule has 108 valence electrons. The molecule has 5 nitrogen and oxygen atoms in total. The molecule has 0 unspecified atom stereocenters. The molecule has 0 spiro atoms. The largest absolute Gasteiger partial charge is 0.384 e. The second-order valence-electron chi connectivity index (χ2n) is 5.84. The van der Waals surface area contributed by atoms with E-state index >= 15 is 0 Å². The Labute approximate surface area is 114 Å². The first-order chi connectivity index (χ1) is 9.02. The van der Waals surface area contributed by atoms with Gasteiger partial charge in [0.2, 0.25) is 11.8 Å². The van der Waals surface area contributed by atoms with E-state index in [0.717, 1.165) is 32.6 Å². The normalized spacial score (nSPS) is 30.4. The first kappa shape index (κ1) is 14.3. The van der Waals surface area contributed by atoms with Crippen molar-refractivity contribution >= 4 is 11.8 Å². The lowest BCUT2D eigenvalue weighted by Gasteiger charge is -2.42. The summed E-state index contributed by atoms with van der Waals surface area (Å²) >= 11 is 0. The molecule has 2 heterocycles. The van der Waals surface area contributed by atoms with E-state index in [0.29, 0.717) is 18.9 Å². The first-order valence-corrected chi connectivity index (χ1v) is 7.04. The summed E-state index contributed by atoms with van der Waals surface area (Å²) in [5.74, 6) is 0.686. The van der Waals surface area contributed by atoms with Crippen molar-refractivity contribution in [3.63, 3.8) is 0 Å². The maximum Gasteiger partial charge on any atom is 0.222 e. The zero-order valence-electron chi connectivity index (χ0n) is 12.1. The van der Waals surface area contributed by atoms with Gasteiger partial charge in [0.15, 0.2) is 0 Å². The molecule has 0 saturated carbocycles. The fourth-order valence-corrected chi connectivity index (χ4v) is 3.50. The third kappa shape index (κ3) is 2.61. The van der Waals surface area contributed by atoms with Crippen LogP contribution in [0.2, 0.25) is 0 Å². The summed E-state index contributed by atoms with van der Waals surface area (Å²) in [4.78, 5) is 27.3. The van der Waals surface area contributed by atoms with Crippen molar-refractivity contribution in [3.05, 3.63) is 0 Å². The predicted octanol–water partition coefficient (Wildman–Crippen LogP) is 0.740. The minimum Gasteiger partial charge on any atom is -0.384 e. The number of likely N-dealkylation sites (tertiary alicyclic amines) is 2. The molecule has 2 amide bonds. The molecular formula is C14H24N2O3. The highest BCUT2D eigenvalue weighted by molar-refractivity contribution is 5.76. The lowest BCUT2D eigenvalue weighted by Crippen LogP contribution is -2.50. The Morgan fingerprint density at radius 2 is 2.00 bits per heavy atom. The second-order valence-corrected chi connectivity index (χ2v) is 5.84. The summed E-state index contributed by atoms with van der Waals surface area (Å²) in [5.41, 5.74) is 0.0466. The Morgan fingerprint density at radius 1 is 1.32 bits per heavy atom. The van der Waals surface area contributed by atoms with Gasteiger partial charge in [-0.25, -0.2) is 0 Å². The Hall–Kier alpha value is -1.10. The fourth-order valence-electron chi connectivity index (χ4n) is 3.50. The molecule has 0 aromatic rings. The summed E-state index contributed by atoms with van der Waals surface area (Å²) in [7, 11) is 1.71. The average molecular weight is 268 g/mol. The fraction of sp³-hybridized carbons (Fsp3) is 0.857. The van der Waals surface area contributed by atoms with Gasteiger partial charge in [0.25, 0.3) is 0 Å². The van der Waals surface area contributed by atoms with Crippen LogP contribution in [0.1, 0.15) is 26.7 Å². The number of rotatable bonds is 3. The van der Waals surface area contributed by atoms with E-state index in [1.807, 2.05) is 16.7 Å². The molecular weight excluding hydrogens is 244 g/mol. The van der Waals surface area contributed by atoms with Crippen LogP contribution in [0, 0.1) is 11.3 Å². The maximum absolute atomic E-state index is 11.8. The summed E-state index contributed by atoms with van der Waals surface area (Å²) < 4.78 is 5.39. The van der Waals surface area contributed by atoms with Crippen LogP contribution in [-0.4, -0.2) is 61.5 Å². The van der Waals surface area contributed by atoms with E-state index in [1.165, 1.54) is 0 Å². The Bertz CT molecular complexity index is 372. The van der Waals surface area contributed by atoms with Crippen molar-refractivity contribution in [1.29, 1.82) is 0 Å². The van der Waals surface area contributed by atoms with Crippen molar-refractivity contribution in [2.45, 2.75) is 26.7 Å². The summed E-state index contributed by atoms with van der Waals surface area (Å²) in [5, 5.41) is 0. The van der Waals surface area contributed by atoms with Gasteiger partial charge in [0, 0.05) is 58.0 Å². The number of fused-ring (bicyclic) bond motifs is 1. The molecule has 5 heteroatoms. The van der Waals surface area contributed by atoms with Gasteiger partial charge in [-0.15, -0.1) is 0 Å². The van der Waals surface area contributed by atoms with Gasteiger partial charge in [-0.1, -0.05) is 6.92 Å². The standard InChI is InChI=1S/C14H24N2O3/c1-4-13(18)15-6-5-14(10-19-3)9-16(11(2)17)8-12(14)7-15/h12H,4-10H2,1-3H3/t12-,14+/m1/s1. The molecule has 2 fully saturated rings. The number of ether oxygens (including phenoxy) is 1. The number of methoxy groups -OCH3 is 1. The van der Waals surface area contributed by atoms with E-state index in [2.05, 4.69) is 0 Å². The molecule has 2 saturated heterocycles. The minimum atomic E-state index is 0.0466. The quantitative estimate of drug-likeness (QED) is 0.758. The molecule has 2 aliphatic rings. The van der Waals surface area contributed by atoms with E-state index in [4.69, 9.17) is 4.74 Å². The lowest BCUT2D eigenvalue weighted by atomic mass is 9.73. The highest BCUT2D eigenvalue weighted by atomic mass is 16.5. The molecule has 0 aromatic heterocycles. The van der Waals surface area contributed by atoms with Crippen LogP contribution < -0.4 is 0 Å². The molecule has 2 aliphatic heterocycles. The van der Waals surface area contributed by atoms with Crippen molar-refractivity contribution in [2.24, 2.45) is 11.3 Å². The van der Waals surface area contributed by atoms with Crippen LogP contribution >= 0.6 is 0 Å². The number of nitrogens with zero attached hydrogens (tertiary/aromatic N) is 2. The number of carbonyl (C=O) groups excluding carboxylic acids is 2. The second kappa shape index (κ2) is 5.49. The topological polar surface area (TPSA) is 49.9 Å². The van der Waals surface area contributed by atoms with Crippen molar-refractivity contribution < 1.29 is 14.3 Å². The summed E-state index contributed by atoms with van der Waals surface area (Å²) in [6.07, 6.45) is 1.49. The van der Waals surface area contributed by atoms with Crippen LogP contribution in [0.4, 0.5) is 0 Å². The number of piperidine rings is 1. The monoisotopic (exact) mass is 268 g/mol. The van der Waals surface area contributed by atoms with Crippen LogP contribution in [0.25, 0.3) is 0 Å². The number of amides is 2. The molecule has 2 atom stereocenters. The summed E-state index contributed by atoms with van der Waals surface area (Å²) in [6.45, 7) is 7.28. The van der Waals surface area contributed by atoms with E-state index < -0.39 is 0 Å². The minimum absolute atomic E-state index is 0.0466. The van der Waals surface area contributed by atoms with Crippen molar-refractivity contribution in [2.75, 3.05) is 39.9 Å². The van der Waals surface area contributed by atoms with E-state index in [-0.39, 0.29) is 17.2 Å². The van der Waals surface area contributed by atoms with Gasteiger partial charge in [-0.05, 0) is 6.42 Å². The van der Waals surface area contributed by atoms with Gasteiger partial charge in [0.05, 0.1) is 6.61 Å². The third-order valence-electron chi connectivity index (χ3n) is 4.67. The van der Waals surface area contributed by atoms with Gasteiger partial charge in [-0.3, -0.25) is 9.59 Å². The van der Waals surface area contributed by atoms with Gasteiger partial charge < -0.3 is 14.5 Å². The van der Waals surface area contributed by atoms with Crippen molar-refractivity contribution in [1.82, 2.24) is 9.80 Å². The van der Waals surface area contributed by atoms with Crippen LogP contribution in [-0.2, 0) is 14.3 Å². The maximum atomic E-state index is 11.8. The van der Waals surface area contributed by atoms with Gasteiger partial charge in [0.1, 0.15) is 0 Å². The Morgan fingerprint density at radius 3 is 2.58 bits per heavy atom. The summed E-state index contributed by atoms with van der Waals surface area (Å²) in [6, 6.07) is 0. The molecule has 2 rings (SSSR count). The molecule has 0 aromatic carbocycles. The van der Waals surface area contributed by atoms with Crippen LogP contribution in [0.3, 0.4) is 0 Å². The van der Waals surface area contributed by atoms with E-state index in [9.17, 15) is 9.59 Å². The van der Waals surface area contributed by atoms with Gasteiger partial charge in [-0.2, -0.15) is 0 Å². The molecule has 0 aliphatic carbocycles. The number of hydrogen-bond acceptors (Lipinski definition) is 3. The van der Waals surface area contributed by atoms with Crippen LogP contribution in [0.5, 0.6) is 0 Å². The zero-order chi connectivity index (χ0) is 14.0. The predicted molar refractivity (Wildman–Crippen MR) is 71.5 cm³/mol. The molecule has 0 N–H and O–H groups in total.